The van der Waals surface area contributed by atoms with Crippen molar-refractivity contribution in [2.45, 2.75) is 6.92 Å². The Morgan fingerprint density at radius 2 is 1.70 bits per heavy atom. The van der Waals surface area contributed by atoms with E-state index < -0.39 is 5.97 Å². The predicted octanol–water partition coefficient (Wildman–Crippen LogP) is 5.39. The van der Waals surface area contributed by atoms with E-state index in [4.69, 9.17) is 16.3 Å². The van der Waals surface area contributed by atoms with Crippen molar-refractivity contribution in [2.75, 3.05) is 12.4 Å². The SMILES string of the molecule is COc1ccc(C(=O)c2sc(Nc3ccc(Cl)cc3)c(C(=O)O)c2C)cc1. The van der Waals surface area contributed by atoms with Crippen LogP contribution in [0.2, 0.25) is 5.02 Å². The van der Waals surface area contributed by atoms with Gasteiger partial charge in [-0.25, -0.2) is 4.79 Å². The third-order valence-corrected chi connectivity index (χ3v) is 5.48. The summed E-state index contributed by atoms with van der Waals surface area (Å²) in [6, 6.07) is 13.6. The molecular formula is C20H16ClNO4S. The Morgan fingerprint density at radius 1 is 1.07 bits per heavy atom. The molecule has 2 aromatic carbocycles. The predicted molar refractivity (Wildman–Crippen MR) is 107 cm³/mol. The van der Waals surface area contributed by atoms with E-state index in [-0.39, 0.29) is 11.3 Å². The normalized spacial score (nSPS) is 10.5. The zero-order valence-corrected chi connectivity index (χ0v) is 16.1. The summed E-state index contributed by atoms with van der Waals surface area (Å²) in [5.74, 6) is -0.674. The second-order valence-electron chi connectivity index (χ2n) is 5.75. The average Bonchev–Trinajstić information content (AvgIpc) is 2.99. The number of carbonyl (C=O) groups excluding carboxylic acids is 1. The highest BCUT2D eigenvalue weighted by Gasteiger charge is 2.25. The standard InChI is InChI=1S/C20H16ClNO4S/c1-11-16(20(24)25)19(22-14-7-5-13(21)6-8-14)27-18(11)17(23)12-3-9-15(26-2)10-4-12/h3-10,22H,1-2H3,(H,24,25). The number of hydrogen-bond donors (Lipinski definition) is 2. The first-order valence-corrected chi connectivity index (χ1v) is 9.18. The number of anilines is 2. The monoisotopic (exact) mass is 401 g/mol. The highest BCUT2D eigenvalue weighted by atomic mass is 35.5. The van der Waals surface area contributed by atoms with Gasteiger partial charge in [0.25, 0.3) is 0 Å². The van der Waals surface area contributed by atoms with Gasteiger partial charge < -0.3 is 15.2 Å². The fourth-order valence-corrected chi connectivity index (χ4v) is 3.92. The minimum absolute atomic E-state index is 0.0896. The highest BCUT2D eigenvalue weighted by molar-refractivity contribution is 7.18. The van der Waals surface area contributed by atoms with Gasteiger partial charge in [0.1, 0.15) is 10.8 Å². The van der Waals surface area contributed by atoms with Crippen molar-refractivity contribution in [1.82, 2.24) is 0 Å². The van der Waals surface area contributed by atoms with Gasteiger partial charge in [0.2, 0.25) is 5.78 Å². The van der Waals surface area contributed by atoms with Crippen LogP contribution in [0.15, 0.2) is 48.5 Å². The Bertz CT molecular complexity index is 994. The fourth-order valence-electron chi connectivity index (χ4n) is 2.61. The maximum atomic E-state index is 12.9. The fraction of sp³-hybridized carbons (Fsp3) is 0.100. The van der Waals surface area contributed by atoms with E-state index in [0.29, 0.717) is 37.5 Å². The summed E-state index contributed by atoms with van der Waals surface area (Å²) < 4.78 is 5.10. The summed E-state index contributed by atoms with van der Waals surface area (Å²) in [6.45, 7) is 1.64. The third kappa shape index (κ3) is 3.97. The van der Waals surface area contributed by atoms with E-state index >= 15 is 0 Å². The first kappa shape index (κ1) is 18.9. The van der Waals surface area contributed by atoms with E-state index in [9.17, 15) is 14.7 Å². The molecule has 0 amide bonds. The number of halogens is 1. The maximum Gasteiger partial charge on any atom is 0.339 e. The molecule has 0 atom stereocenters. The maximum absolute atomic E-state index is 12.9. The van der Waals surface area contributed by atoms with Crippen molar-refractivity contribution in [3.05, 3.63) is 75.1 Å². The van der Waals surface area contributed by atoms with Gasteiger partial charge in [-0.15, -0.1) is 11.3 Å². The average molecular weight is 402 g/mol. The number of carboxylic acid groups (broad SMARTS) is 1. The lowest BCUT2D eigenvalue weighted by Gasteiger charge is -2.05. The molecule has 0 fully saturated rings. The van der Waals surface area contributed by atoms with Crippen LogP contribution < -0.4 is 10.1 Å². The van der Waals surface area contributed by atoms with Crippen molar-refractivity contribution in [1.29, 1.82) is 0 Å². The van der Waals surface area contributed by atoms with Crippen molar-refractivity contribution in [3.63, 3.8) is 0 Å². The molecule has 0 aliphatic heterocycles. The molecule has 3 rings (SSSR count). The number of carboxylic acids is 1. The Morgan fingerprint density at radius 3 is 2.26 bits per heavy atom. The van der Waals surface area contributed by atoms with E-state index in [2.05, 4.69) is 5.32 Å². The lowest BCUT2D eigenvalue weighted by Crippen LogP contribution is -2.04. The largest absolute Gasteiger partial charge is 0.497 e. The minimum Gasteiger partial charge on any atom is -0.497 e. The number of ketones is 1. The van der Waals surface area contributed by atoms with Crippen molar-refractivity contribution >= 4 is 45.4 Å². The van der Waals surface area contributed by atoms with E-state index in [0.717, 1.165) is 11.3 Å². The van der Waals surface area contributed by atoms with Crippen LogP contribution in [0, 0.1) is 6.92 Å². The molecule has 0 bridgehead atoms. The Labute approximate surface area is 165 Å². The number of aromatic carboxylic acids is 1. The number of nitrogens with one attached hydrogen (secondary N) is 1. The van der Waals surface area contributed by atoms with Crippen molar-refractivity contribution in [3.8, 4) is 5.75 Å². The van der Waals surface area contributed by atoms with Crippen LogP contribution in [0.3, 0.4) is 0 Å². The molecule has 1 heterocycles. The molecule has 0 radical (unpaired) electrons. The summed E-state index contributed by atoms with van der Waals surface area (Å²) >= 11 is 7.00. The molecule has 7 heteroatoms. The number of thiophene rings is 1. The smallest absolute Gasteiger partial charge is 0.339 e. The number of benzene rings is 2. The quantitative estimate of drug-likeness (QED) is 0.541. The van der Waals surface area contributed by atoms with Crippen LogP contribution in [0.5, 0.6) is 5.75 Å². The van der Waals surface area contributed by atoms with Crippen LogP contribution >= 0.6 is 22.9 Å². The molecule has 27 heavy (non-hydrogen) atoms. The van der Waals surface area contributed by atoms with Gasteiger partial charge in [0, 0.05) is 16.3 Å². The van der Waals surface area contributed by atoms with Gasteiger partial charge in [-0.1, -0.05) is 11.6 Å². The van der Waals surface area contributed by atoms with Crippen LogP contribution in [-0.2, 0) is 0 Å². The summed E-state index contributed by atoms with van der Waals surface area (Å²) in [7, 11) is 1.55. The Hall–Kier alpha value is -2.83. The van der Waals surface area contributed by atoms with Crippen molar-refractivity contribution in [2.24, 2.45) is 0 Å². The second-order valence-corrected chi connectivity index (χ2v) is 7.21. The Kier molecular flexibility index (Phi) is 5.48. The van der Waals surface area contributed by atoms with Gasteiger partial charge in [-0.05, 0) is 61.0 Å². The third-order valence-electron chi connectivity index (χ3n) is 4.02. The summed E-state index contributed by atoms with van der Waals surface area (Å²) in [4.78, 5) is 25.0. The van der Waals surface area contributed by atoms with Crippen LogP contribution in [0.25, 0.3) is 0 Å². The molecule has 0 unspecified atom stereocenters. The lowest BCUT2D eigenvalue weighted by molar-refractivity contribution is 0.0697. The van der Waals surface area contributed by atoms with E-state index in [1.807, 2.05) is 0 Å². The van der Waals surface area contributed by atoms with Crippen LogP contribution in [0.1, 0.15) is 31.2 Å². The van der Waals surface area contributed by atoms with Gasteiger partial charge in [0.05, 0.1) is 17.6 Å². The number of carbonyl (C=O) groups is 2. The molecule has 0 saturated heterocycles. The van der Waals surface area contributed by atoms with Crippen LogP contribution in [0.4, 0.5) is 10.7 Å². The molecule has 0 aliphatic rings. The Balaban J connectivity index is 1.99. The topological polar surface area (TPSA) is 75.6 Å². The molecule has 2 N–H and O–H groups in total. The zero-order chi connectivity index (χ0) is 19.6. The van der Waals surface area contributed by atoms with E-state index in [1.54, 1.807) is 62.6 Å². The van der Waals surface area contributed by atoms with Gasteiger partial charge in [-0.3, -0.25) is 4.79 Å². The molecule has 138 valence electrons. The number of ether oxygens (including phenoxy) is 1. The molecule has 1 aromatic heterocycles. The molecule has 0 spiro atoms. The number of methoxy groups -OCH3 is 1. The minimum atomic E-state index is -1.09. The molecule has 3 aromatic rings. The number of hydrogen-bond acceptors (Lipinski definition) is 5. The zero-order valence-electron chi connectivity index (χ0n) is 14.6. The van der Waals surface area contributed by atoms with Crippen molar-refractivity contribution < 1.29 is 19.4 Å². The lowest BCUT2D eigenvalue weighted by atomic mass is 10.0. The first-order valence-electron chi connectivity index (χ1n) is 7.98. The summed E-state index contributed by atoms with van der Waals surface area (Å²) in [5.41, 5.74) is 1.68. The molecule has 5 nitrogen and oxygen atoms in total. The molecule has 0 saturated carbocycles. The van der Waals surface area contributed by atoms with Gasteiger partial charge in [0.15, 0.2) is 0 Å². The first-order chi connectivity index (χ1) is 12.9. The molecular weight excluding hydrogens is 386 g/mol. The van der Waals surface area contributed by atoms with Gasteiger partial charge >= 0.3 is 5.97 Å². The van der Waals surface area contributed by atoms with E-state index in [1.165, 1.54) is 0 Å². The number of rotatable bonds is 6. The van der Waals surface area contributed by atoms with Crippen LogP contribution in [-0.4, -0.2) is 24.0 Å². The second kappa shape index (κ2) is 7.82. The summed E-state index contributed by atoms with van der Waals surface area (Å²) in [6.07, 6.45) is 0. The van der Waals surface area contributed by atoms with Gasteiger partial charge in [-0.2, -0.15) is 0 Å². The summed E-state index contributed by atoms with van der Waals surface area (Å²) in [5, 5.41) is 13.7. The highest BCUT2D eigenvalue weighted by Crippen LogP contribution is 2.36. The molecule has 0 aliphatic carbocycles.